The summed E-state index contributed by atoms with van der Waals surface area (Å²) >= 11 is 0. The van der Waals surface area contributed by atoms with Gasteiger partial charge in [0, 0.05) is 0 Å². The van der Waals surface area contributed by atoms with E-state index in [2.05, 4.69) is 0 Å². The van der Waals surface area contributed by atoms with Gasteiger partial charge in [-0.3, -0.25) is 0 Å². The first-order valence-electron chi connectivity index (χ1n) is 5.85. The van der Waals surface area contributed by atoms with Crippen molar-refractivity contribution in [2.45, 2.75) is 21.6 Å². The molecule has 2 rings (SSSR count). The molecule has 0 radical (unpaired) electrons. The molecule has 0 aliphatic carbocycles. The average molecular weight is 382 g/mol. The fourth-order valence-electron chi connectivity index (χ4n) is 1.79. The molecule has 0 atom stereocenters. The third kappa shape index (κ3) is 4.17. The second-order valence-electron chi connectivity index (χ2n) is 4.54. The van der Waals surface area contributed by atoms with Gasteiger partial charge in [-0.05, 0) is 31.2 Å². The summed E-state index contributed by atoms with van der Waals surface area (Å²) < 4.78 is 57.3. The number of phenols is 1. The summed E-state index contributed by atoms with van der Waals surface area (Å²) in [4.78, 5) is -2.14. The number of aryl methyl sites for hydroxylation is 1. The summed E-state index contributed by atoms with van der Waals surface area (Å²) in [5.41, 5.74) is 0.803. The second-order valence-corrected chi connectivity index (χ2v) is 7.80. The molecule has 0 saturated carbocycles. The van der Waals surface area contributed by atoms with E-state index in [0.717, 1.165) is 5.56 Å². The fourth-order valence-corrected chi connectivity index (χ4v) is 3.69. The number of hydrogen-bond donors (Lipinski definition) is 1. The molecule has 0 saturated heterocycles. The zero-order valence-corrected chi connectivity index (χ0v) is 15.7. The Kier molecular flexibility index (Phi) is 6.11. The van der Waals surface area contributed by atoms with Crippen molar-refractivity contribution in [3.05, 3.63) is 42.0 Å². The van der Waals surface area contributed by atoms with E-state index in [0.29, 0.717) is 12.1 Å². The van der Waals surface area contributed by atoms with Crippen LogP contribution in [0, 0.1) is 6.92 Å². The molecule has 0 spiro atoms. The average Bonchev–Trinajstić information content (AvgIpc) is 2.40. The van der Waals surface area contributed by atoms with E-state index in [1.807, 2.05) is 0 Å². The van der Waals surface area contributed by atoms with Crippen LogP contribution in [0.5, 0.6) is 11.5 Å². The maximum Gasteiger partial charge on any atom is 2.00 e. The number of sulfone groups is 1. The molecular formula is C13H10CaO7S2. The number of phenolic OH excluding ortho intramolecular Hbond substituents is 1. The molecule has 0 aromatic heterocycles. The Balaban J connectivity index is 0.00000264. The summed E-state index contributed by atoms with van der Waals surface area (Å²) in [6.07, 6.45) is 0. The van der Waals surface area contributed by atoms with Crippen molar-refractivity contribution < 1.29 is 31.6 Å². The van der Waals surface area contributed by atoms with E-state index in [1.54, 1.807) is 6.92 Å². The predicted octanol–water partition coefficient (Wildman–Crippen LogP) is 0.130. The Labute approximate surface area is 163 Å². The third-order valence-electron chi connectivity index (χ3n) is 2.92. The van der Waals surface area contributed by atoms with Gasteiger partial charge in [0.25, 0.3) is 0 Å². The van der Waals surface area contributed by atoms with Crippen molar-refractivity contribution in [1.29, 1.82) is 0 Å². The van der Waals surface area contributed by atoms with Gasteiger partial charge in [-0.1, -0.05) is 23.4 Å². The van der Waals surface area contributed by atoms with Crippen molar-refractivity contribution >= 4 is 57.7 Å². The Bertz CT molecular complexity index is 933. The van der Waals surface area contributed by atoms with E-state index in [-0.39, 0.29) is 42.6 Å². The fraction of sp³-hybridized carbons (Fsp3) is 0.0769. The Hall–Kier alpha value is -0.840. The van der Waals surface area contributed by atoms with Crippen molar-refractivity contribution in [1.82, 2.24) is 0 Å². The summed E-state index contributed by atoms with van der Waals surface area (Å²) in [5, 5.41) is 21.4. The van der Waals surface area contributed by atoms with Gasteiger partial charge in [0.15, 0.2) is 0 Å². The van der Waals surface area contributed by atoms with Crippen LogP contribution in [-0.4, -0.2) is 64.2 Å². The van der Waals surface area contributed by atoms with Gasteiger partial charge in [-0.2, -0.15) is 0 Å². The first-order valence-corrected chi connectivity index (χ1v) is 8.74. The minimum atomic E-state index is -5.08. The molecule has 23 heavy (non-hydrogen) atoms. The van der Waals surface area contributed by atoms with Crippen LogP contribution in [0.1, 0.15) is 5.56 Å². The van der Waals surface area contributed by atoms with Crippen LogP contribution in [0.3, 0.4) is 0 Å². The van der Waals surface area contributed by atoms with Crippen LogP contribution in [0.4, 0.5) is 0 Å². The molecule has 2 aromatic rings. The minimum absolute atomic E-state index is 0. The van der Waals surface area contributed by atoms with Gasteiger partial charge in [0.1, 0.15) is 15.9 Å². The summed E-state index contributed by atoms with van der Waals surface area (Å²) in [5.74, 6) is -2.27. The Morgan fingerprint density at radius 1 is 0.957 bits per heavy atom. The zero-order valence-electron chi connectivity index (χ0n) is 11.9. The molecular weight excluding hydrogens is 372 g/mol. The van der Waals surface area contributed by atoms with Crippen molar-refractivity contribution in [3.8, 4) is 11.5 Å². The van der Waals surface area contributed by atoms with Crippen LogP contribution in [0.25, 0.3) is 0 Å². The SMILES string of the molecule is Cc1ccc(S(=O)(=O)c2cc(O)c(S(=O)(=O)[O-])cc2[O-])cc1.[Ca+2]. The van der Waals surface area contributed by atoms with E-state index in [4.69, 9.17) is 0 Å². The molecule has 2 aromatic carbocycles. The Morgan fingerprint density at radius 3 is 1.96 bits per heavy atom. The molecule has 0 aliphatic heterocycles. The predicted molar refractivity (Wildman–Crippen MR) is 77.9 cm³/mol. The second kappa shape index (κ2) is 6.96. The number of hydrogen-bond acceptors (Lipinski definition) is 7. The van der Waals surface area contributed by atoms with Gasteiger partial charge in [0.2, 0.25) is 9.84 Å². The first-order chi connectivity index (χ1) is 10.0. The van der Waals surface area contributed by atoms with Crippen molar-refractivity contribution in [3.63, 3.8) is 0 Å². The quantitative estimate of drug-likeness (QED) is 0.589. The zero-order chi connectivity index (χ0) is 16.7. The normalized spacial score (nSPS) is 11.7. The van der Waals surface area contributed by atoms with Gasteiger partial charge in [-0.15, -0.1) is 0 Å². The topological polar surface area (TPSA) is 135 Å². The maximum atomic E-state index is 12.3. The van der Waals surface area contributed by atoms with Crippen molar-refractivity contribution in [2.24, 2.45) is 0 Å². The molecule has 0 heterocycles. The molecule has 0 aliphatic rings. The van der Waals surface area contributed by atoms with Crippen LogP contribution in [0.15, 0.2) is 51.1 Å². The largest absolute Gasteiger partial charge is 2.00 e. The maximum absolute atomic E-state index is 12.3. The van der Waals surface area contributed by atoms with Crippen LogP contribution in [0.2, 0.25) is 0 Å². The third-order valence-corrected chi connectivity index (χ3v) is 5.57. The molecule has 118 valence electrons. The molecule has 0 unspecified atom stereocenters. The van der Waals surface area contributed by atoms with Crippen molar-refractivity contribution in [2.75, 3.05) is 0 Å². The summed E-state index contributed by atoms with van der Waals surface area (Å²) in [6, 6.07) is 6.38. The molecule has 0 amide bonds. The van der Waals surface area contributed by atoms with E-state index in [9.17, 15) is 31.6 Å². The van der Waals surface area contributed by atoms with Gasteiger partial charge < -0.3 is 14.8 Å². The van der Waals surface area contributed by atoms with Gasteiger partial charge in [-0.25, -0.2) is 16.8 Å². The van der Waals surface area contributed by atoms with E-state index >= 15 is 0 Å². The smallest absolute Gasteiger partial charge is 0.872 e. The van der Waals surface area contributed by atoms with Gasteiger partial charge >= 0.3 is 37.7 Å². The molecule has 10 heteroatoms. The molecule has 1 N–H and O–H groups in total. The number of rotatable bonds is 3. The minimum Gasteiger partial charge on any atom is -0.872 e. The van der Waals surface area contributed by atoms with Crippen LogP contribution >= 0.6 is 0 Å². The summed E-state index contributed by atoms with van der Waals surface area (Å²) in [6.45, 7) is 1.75. The molecule has 7 nitrogen and oxygen atoms in total. The van der Waals surface area contributed by atoms with Gasteiger partial charge in [0.05, 0.1) is 14.7 Å². The van der Waals surface area contributed by atoms with Crippen LogP contribution in [-0.2, 0) is 20.0 Å². The molecule has 0 bridgehead atoms. The number of aromatic hydroxyl groups is 1. The molecule has 0 fully saturated rings. The number of benzene rings is 2. The van der Waals surface area contributed by atoms with E-state index < -0.39 is 41.2 Å². The van der Waals surface area contributed by atoms with E-state index in [1.165, 1.54) is 24.3 Å². The first kappa shape index (κ1) is 20.2. The monoisotopic (exact) mass is 382 g/mol. The summed E-state index contributed by atoms with van der Waals surface area (Å²) in [7, 11) is -9.32. The van der Waals surface area contributed by atoms with Crippen LogP contribution < -0.4 is 5.11 Å². The standard InChI is InChI=1S/C13H12O7S2.Ca/c1-8-2-4-9(5-3-8)21(16,17)12-6-11(15)13(7-10(12)14)22(18,19)20;/h2-7,14-15H,1H3,(H,18,19,20);/q;+2/p-2. The Morgan fingerprint density at radius 2 is 1.48 bits per heavy atom.